The van der Waals surface area contributed by atoms with Crippen LogP contribution in [-0.4, -0.2) is 32.3 Å². The largest absolute Gasteiger partial charge is 0.347 e. The van der Waals surface area contributed by atoms with E-state index in [9.17, 15) is 4.79 Å². The first kappa shape index (κ1) is 15.3. The summed E-state index contributed by atoms with van der Waals surface area (Å²) >= 11 is 6.23. The highest BCUT2D eigenvalue weighted by atomic mass is 35.5. The van der Waals surface area contributed by atoms with Crippen LogP contribution in [0.4, 0.5) is 0 Å². The van der Waals surface area contributed by atoms with Crippen LogP contribution in [0.3, 0.4) is 0 Å². The summed E-state index contributed by atoms with van der Waals surface area (Å²) in [5, 5.41) is 5.10. The van der Waals surface area contributed by atoms with Crippen LogP contribution in [0.5, 0.6) is 0 Å². The maximum absolute atomic E-state index is 12.4. The number of piperidine rings is 1. The fourth-order valence-corrected chi connectivity index (χ4v) is 3.07. The summed E-state index contributed by atoms with van der Waals surface area (Å²) in [7, 11) is 1.74. The Kier molecular flexibility index (Phi) is 4.36. The second kappa shape index (κ2) is 6.26. The van der Waals surface area contributed by atoms with Gasteiger partial charge in [0, 0.05) is 25.7 Å². The van der Waals surface area contributed by atoms with Gasteiger partial charge in [0.1, 0.15) is 0 Å². The molecule has 0 bridgehead atoms. The van der Waals surface area contributed by atoms with Crippen molar-refractivity contribution in [3.05, 3.63) is 39.8 Å². The first-order valence-corrected chi connectivity index (χ1v) is 8.05. The second-order valence-corrected chi connectivity index (χ2v) is 6.49. The van der Waals surface area contributed by atoms with Gasteiger partial charge in [-0.05, 0) is 30.9 Å². The number of likely N-dealkylation sites (tertiary alicyclic amines) is 1. The Morgan fingerprint density at radius 1 is 1.27 bits per heavy atom. The quantitative estimate of drug-likeness (QED) is 0.873. The summed E-state index contributed by atoms with van der Waals surface area (Å²) in [4.78, 5) is 14.7. The average Bonchev–Trinajstić information content (AvgIpc) is 2.78. The Bertz CT molecular complexity index is 713. The van der Waals surface area contributed by atoms with Gasteiger partial charge in [0.05, 0.1) is 11.7 Å². The maximum atomic E-state index is 12.4. The molecule has 0 saturated carbocycles. The lowest BCUT2D eigenvalue weighted by Gasteiger charge is -2.29. The molecule has 6 heteroatoms. The molecular formula is C16H21ClN4O. The van der Waals surface area contributed by atoms with Gasteiger partial charge < -0.3 is 0 Å². The van der Waals surface area contributed by atoms with Crippen molar-refractivity contribution in [2.75, 3.05) is 13.1 Å². The monoisotopic (exact) mass is 320 g/mol. The van der Waals surface area contributed by atoms with Crippen molar-refractivity contribution in [1.29, 1.82) is 0 Å². The summed E-state index contributed by atoms with van der Waals surface area (Å²) in [6.07, 6.45) is 2.36. The smallest absolute Gasteiger partial charge is 0.284 e. The van der Waals surface area contributed by atoms with Gasteiger partial charge >= 0.3 is 5.69 Å². The average molecular weight is 321 g/mol. The Morgan fingerprint density at radius 2 is 1.95 bits per heavy atom. The summed E-state index contributed by atoms with van der Waals surface area (Å²) in [6.45, 7) is 4.86. The standard InChI is InChI=1S/C16H21ClN4O/c1-12-7-9-20(10-8-12)11-21-16(22)19(2)15(18-21)13-5-3-4-6-14(13)17/h3-6,12H,7-11H2,1-2H3. The van der Waals surface area contributed by atoms with Gasteiger partial charge in [0.2, 0.25) is 0 Å². The molecule has 1 aromatic carbocycles. The van der Waals surface area contributed by atoms with Gasteiger partial charge in [-0.2, -0.15) is 4.68 Å². The predicted octanol–water partition coefficient (Wildman–Crippen LogP) is 2.59. The molecule has 0 aliphatic carbocycles. The van der Waals surface area contributed by atoms with Crippen molar-refractivity contribution >= 4 is 11.6 Å². The second-order valence-electron chi connectivity index (χ2n) is 6.09. The fourth-order valence-electron chi connectivity index (χ4n) is 2.85. The molecule has 3 rings (SSSR count). The van der Waals surface area contributed by atoms with E-state index in [0.717, 1.165) is 24.6 Å². The van der Waals surface area contributed by atoms with E-state index in [4.69, 9.17) is 11.6 Å². The lowest BCUT2D eigenvalue weighted by molar-refractivity contribution is 0.144. The molecule has 22 heavy (non-hydrogen) atoms. The zero-order valence-electron chi connectivity index (χ0n) is 13.0. The topological polar surface area (TPSA) is 43.1 Å². The van der Waals surface area contributed by atoms with Crippen molar-refractivity contribution < 1.29 is 0 Å². The van der Waals surface area contributed by atoms with E-state index in [-0.39, 0.29) is 5.69 Å². The minimum absolute atomic E-state index is 0.103. The molecule has 1 fully saturated rings. The van der Waals surface area contributed by atoms with Crippen LogP contribution in [0.1, 0.15) is 19.8 Å². The van der Waals surface area contributed by atoms with Crippen molar-refractivity contribution in [3.63, 3.8) is 0 Å². The molecule has 0 atom stereocenters. The lowest BCUT2D eigenvalue weighted by Crippen LogP contribution is -2.38. The first-order valence-electron chi connectivity index (χ1n) is 7.67. The van der Waals surface area contributed by atoms with Gasteiger partial charge in [-0.15, -0.1) is 5.10 Å². The Labute approximate surface area is 135 Å². The number of nitrogens with zero attached hydrogens (tertiary/aromatic N) is 4. The number of aromatic nitrogens is 3. The van der Waals surface area contributed by atoms with Crippen molar-refractivity contribution in [3.8, 4) is 11.4 Å². The van der Waals surface area contributed by atoms with Gasteiger partial charge in [0.25, 0.3) is 0 Å². The van der Waals surface area contributed by atoms with Crippen molar-refractivity contribution in [2.45, 2.75) is 26.4 Å². The van der Waals surface area contributed by atoms with E-state index < -0.39 is 0 Å². The van der Waals surface area contributed by atoms with E-state index in [1.807, 2.05) is 24.3 Å². The first-order chi connectivity index (χ1) is 10.6. The van der Waals surface area contributed by atoms with Crippen LogP contribution in [0, 0.1) is 5.92 Å². The normalized spacial score (nSPS) is 17.0. The Morgan fingerprint density at radius 3 is 2.64 bits per heavy atom. The molecule has 0 radical (unpaired) electrons. The van der Waals surface area contributed by atoms with Crippen LogP contribution in [-0.2, 0) is 13.7 Å². The SMILES string of the molecule is CC1CCN(Cn2nc(-c3ccccc3Cl)n(C)c2=O)CC1. The molecule has 1 aliphatic heterocycles. The van der Waals surface area contributed by atoms with Crippen LogP contribution in [0.15, 0.2) is 29.1 Å². The number of hydrogen-bond donors (Lipinski definition) is 0. The molecule has 0 amide bonds. The minimum Gasteiger partial charge on any atom is -0.284 e. The van der Waals surface area contributed by atoms with E-state index >= 15 is 0 Å². The van der Waals surface area contributed by atoms with Crippen LogP contribution in [0.25, 0.3) is 11.4 Å². The molecule has 2 heterocycles. The highest BCUT2D eigenvalue weighted by molar-refractivity contribution is 6.33. The van der Waals surface area contributed by atoms with Gasteiger partial charge in [-0.25, -0.2) is 4.79 Å². The summed E-state index contributed by atoms with van der Waals surface area (Å²) in [6, 6.07) is 7.47. The highest BCUT2D eigenvalue weighted by Crippen LogP contribution is 2.24. The summed E-state index contributed by atoms with van der Waals surface area (Å²) < 4.78 is 3.10. The third-order valence-electron chi connectivity index (χ3n) is 4.37. The molecule has 2 aromatic rings. The third-order valence-corrected chi connectivity index (χ3v) is 4.70. The van der Waals surface area contributed by atoms with E-state index in [1.54, 1.807) is 11.6 Å². The Balaban J connectivity index is 1.87. The van der Waals surface area contributed by atoms with Gasteiger partial charge in [-0.3, -0.25) is 9.47 Å². The van der Waals surface area contributed by atoms with Crippen LogP contribution < -0.4 is 5.69 Å². The molecular weight excluding hydrogens is 300 g/mol. The maximum Gasteiger partial charge on any atom is 0.347 e. The molecule has 1 aliphatic rings. The zero-order chi connectivity index (χ0) is 15.7. The number of hydrogen-bond acceptors (Lipinski definition) is 3. The van der Waals surface area contributed by atoms with E-state index in [2.05, 4.69) is 16.9 Å². The Hall–Kier alpha value is -1.59. The van der Waals surface area contributed by atoms with Gasteiger partial charge in [0.15, 0.2) is 5.82 Å². The number of benzene rings is 1. The highest BCUT2D eigenvalue weighted by Gasteiger charge is 2.19. The molecule has 5 nitrogen and oxygen atoms in total. The molecule has 1 saturated heterocycles. The van der Waals surface area contributed by atoms with Crippen molar-refractivity contribution in [2.24, 2.45) is 13.0 Å². The number of rotatable bonds is 3. The molecule has 0 N–H and O–H groups in total. The summed E-state index contributed by atoms with van der Waals surface area (Å²) in [5.74, 6) is 1.39. The van der Waals surface area contributed by atoms with Crippen LogP contribution in [0.2, 0.25) is 5.02 Å². The summed E-state index contributed by atoms with van der Waals surface area (Å²) in [5.41, 5.74) is 0.684. The molecule has 0 spiro atoms. The van der Waals surface area contributed by atoms with Crippen LogP contribution >= 0.6 is 11.6 Å². The number of halogens is 1. The zero-order valence-corrected chi connectivity index (χ0v) is 13.8. The predicted molar refractivity (Wildman–Crippen MR) is 87.9 cm³/mol. The third kappa shape index (κ3) is 2.96. The van der Waals surface area contributed by atoms with Crippen molar-refractivity contribution in [1.82, 2.24) is 19.2 Å². The van der Waals surface area contributed by atoms with E-state index in [1.165, 1.54) is 17.5 Å². The van der Waals surface area contributed by atoms with E-state index in [0.29, 0.717) is 17.5 Å². The fraction of sp³-hybridized carbons (Fsp3) is 0.500. The lowest BCUT2D eigenvalue weighted by atomic mass is 10.00. The molecule has 118 valence electrons. The van der Waals surface area contributed by atoms with Gasteiger partial charge in [-0.1, -0.05) is 30.7 Å². The minimum atomic E-state index is -0.103. The molecule has 1 aromatic heterocycles. The molecule has 0 unspecified atom stereocenters.